The first-order valence-electron chi connectivity index (χ1n) is 7.91. The van der Waals surface area contributed by atoms with E-state index in [4.69, 9.17) is 14.2 Å². The molecule has 0 unspecified atom stereocenters. The van der Waals surface area contributed by atoms with Gasteiger partial charge in [-0.25, -0.2) is 0 Å². The van der Waals surface area contributed by atoms with Crippen LogP contribution in [0.15, 0.2) is 36.4 Å². The van der Waals surface area contributed by atoms with E-state index in [0.29, 0.717) is 0 Å². The summed E-state index contributed by atoms with van der Waals surface area (Å²) in [5, 5.41) is 3.56. The van der Waals surface area contributed by atoms with Crippen LogP contribution in [-0.2, 0) is 13.0 Å². The van der Waals surface area contributed by atoms with Crippen LogP contribution in [0.2, 0.25) is 0 Å². The second-order valence-electron chi connectivity index (χ2n) is 5.76. The van der Waals surface area contributed by atoms with Crippen molar-refractivity contribution in [1.82, 2.24) is 5.32 Å². The van der Waals surface area contributed by atoms with Gasteiger partial charge in [-0.3, -0.25) is 0 Å². The van der Waals surface area contributed by atoms with Crippen LogP contribution in [0.1, 0.15) is 29.7 Å². The van der Waals surface area contributed by atoms with Crippen molar-refractivity contribution in [3.05, 3.63) is 53.1 Å². The lowest BCUT2D eigenvalue weighted by Crippen LogP contribution is -2.18. The highest BCUT2D eigenvalue weighted by Crippen LogP contribution is 2.30. The third kappa shape index (κ3) is 3.42. The van der Waals surface area contributed by atoms with Gasteiger partial charge in [-0.1, -0.05) is 18.2 Å². The van der Waals surface area contributed by atoms with Gasteiger partial charge in [0.2, 0.25) is 0 Å². The van der Waals surface area contributed by atoms with E-state index in [2.05, 4.69) is 36.5 Å². The zero-order chi connectivity index (χ0) is 16.2. The summed E-state index contributed by atoms with van der Waals surface area (Å²) in [6.07, 6.45) is 1.01. The number of benzene rings is 2. The molecule has 0 bridgehead atoms. The highest BCUT2D eigenvalue weighted by atomic mass is 16.5. The Hall–Kier alpha value is -2.20. The summed E-state index contributed by atoms with van der Waals surface area (Å²) in [4.78, 5) is 0. The molecule has 0 fully saturated rings. The second-order valence-corrected chi connectivity index (χ2v) is 5.76. The summed E-state index contributed by atoms with van der Waals surface area (Å²) in [6.45, 7) is 3.77. The first kappa shape index (κ1) is 15.7. The van der Waals surface area contributed by atoms with E-state index < -0.39 is 0 Å². The highest BCUT2D eigenvalue weighted by molar-refractivity contribution is 5.44. The topological polar surface area (TPSA) is 39.7 Å². The Morgan fingerprint density at radius 1 is 1.09 bits per heavy atom. The maximum Gasteiger partial charge on any atom is 0.161 e. The van der Waals surface area contributed by atoms with Crippen LogP contribution in [0, 0.1) is 0 Å². The molecule has 0 amide bonds. The number of nitrogens with one attached hydrogen (secondary N) is 1. The van der Waals surface area contributed by atoms with Crippen molar-refractivity contribution < 1.29 is 14.2 Å². The van der Waals surface area contributed by atoms with Crippen LogP contribution >= 0.6 is 0 Å². The van der Waals surface area contributed by atoms with Crippen molar-refractivity contribution in [2.75, 3.05) is 20.8 Å². The second kappa shape index (κ2) is 6.92. The number of hydrogen-bond donors (Lipinski definition) is 1. The van der Waals surface area contributed by atoms with Gasteiger partial charge in [-0.2, -0.15) is 0 Å². The van der Waals surface area contributed by atoms with Crippen LogP contribution in [0.3, 0.4) is 0 Å². The van der Waals surface area contributed by atoms with E-state index in [1.807, 2.05) is 12.1 Å². The SMILES string of the molecule is COc1ccc([C@H](C)NCc2ccc3c(c2)CCO3)cc1OC. The molecule has 2 aromatic rings. The molecule has 0 spiro atoms. The lowest BCUT2D eigenvalue weighted by atomic mass is 10.1. The molecule has 3 rings (SSSR count). The average molecular weight is 313 g/mol. The number of fused-ring (bicyclic) bond motifs is 1. The zero-order valence-corrected chi connectivity index (χ0v) is 13.9. The van der Waals surface area contributed by atoms with Crippen LogP contribution in [0.5, 0.6) is 17.2 Å². The minimum atomic E-state index is 0.222. The summed E-state index contributed by atoms with van der Waals surface area (Å²) in [5.41, 5.74) is 3.76. The Bertz CT molecular complexity index is 684. The molecule has 1 heterocycles. The summed E-state index contributed by atoms with van der Waals surface area (Å²) >= 11 is 0. The minimum Gasteiger partial charge on any atom is -0.493 e. The van der Waals surface area contributed by atoms with Gasteiger partial charge in [0, 0.05) is 19.0 Å². The van der Waals surface area contributed by atoms with Crippen molar-refractivity contribution in [1.29, 1.82) is 0 Å². The smallest absolute Gasteiger partial charge is 0.161 e. The summed E-state index contributed by atoms with van der Waals surface area (Å²) in [6, 6.07) is 12.7. The van der Waals surface area contributed by atoms with Gasteiger partial charge in [-0.15, -0.1) is 0 Å². The fourth-order valence-corrected chi connectivity index (χ4v) is 2.86. The van der Waals surface area contributed by atoms with Gasteiger partial charge < -0.3 is 19.5 Å². The molecule has 1 N–H and O–H groups in total. The standard InChI is InChI=1S/C19H23NO3/c1-13(15-5-7-18(21-2)19(11-15)22-3)20-12-14-4-6-17-16(10-14)8-9-23-17/h4-7,10-11,13,20H,8-9,12H2,1-3H3/t13-/m0/s1. The average Bonchev–Trinajstić information content (AvgIpc) is 3.06. The van der Waals surface area contributed by atoms with Crippen LogP contribution in [0.4, 0.5) is 0 Å². The van der Waals surface area contributed by atoms with Gasteiger partial charge in [-0.05, 0) is 41.8 Å². The van der Waals surface area contributed by atoms with Crippen molar-refractivity contribution >= 4 is 0 Å². The molecule has 0 radical (unpaired) electrons. The summed E-state index contributed by atoms with van der Waals surface area (Å²) in [5.74, 6) is 2.54. The quantitative estimate of drug-likeness (QED) is 0.886. The van der Waals surface area contributed by atoms with E-state index in [1.54, 1.807) is 14.2 Å². The number of rotatable bonds is 6. The Morgan fingerprint density at radius 3 is 2.70 bits per heavy atom. The van der Waals surface area contributed by atoms with Gasteiger partial charge in [0.25, 0.3) is 0 Å². The lowest BCUT2D eigenvalue weighted by molar-refractivity contribution is 0.354. The van der Waals surface area contributed by atoms with Crippen molar-refractivity contribution in [3.8, 4) is 17.2 Å². The normalized spacial score (nSPS) is 14.0. The lowest BCUT2D eigenvalue weighted by Gasteiger charge is -2.17. The predicted octanol–water partition coefficient (Wildman–Crippen LogP) is 3.49. The van der Waals surface area contributed by atoms with Crippen molar-refractivity contribution in [3.63, 3.8) is 0 Å². The molecule has 23 heavy (non-hydrogen) atoms. The molecule has 2 aromatic carbocycles. The number of hydrogen-bond acceptors (Lipinski definition) is 4. The van der Waals surface area contributed by atoms with Gasteiger partial charge in [0.1, 0.15) is 5.75 Å². The van der Waals surface area contributed by atoms with Gasteiger partial charge in [0.05, 0.1) is 20.8 Å². The molecule has 0 saturated carbocycles. The fourth-order valence-electron chi connectivity index (χ4n) is 2.86. The molecular weight excluding hydrogens is 290 g/mol. The Labute approximate surface area is 137 Å². The zero-order valence-electron chi connectivity index (χ0n) is 13.9. The van der Waals surface area contributed by atoms with E-state index in [-0.39, 0.29) is 6.04 Å². The first-order chi connectivity index (χ1) is 11.2. The predicted molar refractivity (Wildman–Crippen MR) is 90.4 cm³/mol. The van der Waals surface area contributed by atoms with Crippen molar-refractivity contribution in [2.24, 2.45) is 0 Å². The molecule has 1 aliphatic heterocycles. The van der Waals surface area contributed by atoms with E-state index >= 15 is 0 Å². The monoisotopic (exact) mass is 313 g/mol. The highest BCUT2D eigenvalue weighted by Gasteiger charge is 2.13. The van der Waals surface area contributed by atoms with Crippen LogP contribution in [-0.4, -0.2) is 20.8 Å². The van der Waals surface area contributed by atoms with E-state index in [9.17, 15) is 0 Å². The van der Waals surface area contributed by atoms with Gasteiger partial charge >= 0.3 is 0 Å². The first-order valence-corrected chi connectivity index (χ1v) is 7.91. The molecule has 0 saturated heterocycles. The molecule has 122 valence electrons. The summed E-state index contributed by atoms with van der Waals surface area (Å²) in [7, 11) is 3.31. The Balaban J connectivity index is 1.66. The third-order valence-electron chi connectivity index (χ3n) is 4.27. The maximum atomic E-state index is 5.55. The Morgan fingerprint density at radius 2 is 1.91 bits per heavy atom. The molecular formula is C19H23NO3. The Kier molecular flexibility index (Phi) is 4.72. The van der Waals surface area contributed by atoms with E-state index in [0.717, 1.165) is 36.8 Å². The molecule has 4 nitrogen and oxygen atoms in total. The third-order valence-corrected chi connectivity index (χ3v) is 4.27. The maximum absolute atomic E-state index is 5.55. The number of methoxy groups -OCH3 is 2. The molecule has 1 atom stereocenters. The molecule has 1 aliphatic rings. The van der Waals surface area contributed by atoms with Crippen molar-refractivity contribution in [2.45, 2.75) is 25.9 Å². The number of ether oxygens (including phenoxy) is 3. The van der Waals surface area contributed by atoms with Crippen LogP contribution in [0.25, 0.3) is 0 Å². The van der Waals surface area contributed by atoms with E-state index in [1.165, 1.54) is 16.7 Å². The summed E-state index contributed by atoms with van der Waals surface area (Å²) < 4.78 is 16.2. The molecule has 0 aliphatic carbocycles. The van der Waals surface area contributed by atoms with Crippen LogP contribution < -0.4 is 19.5 Å². The minimum absolute atomic E-state index is 0.222. The largest absolute Gasteiger partial charge is 0.493 e. The molecule has 4 heteroatoms. The molecule has 0 aromatic heterocycles. The fraction of sp³-hybridized carbons (Fsp3) is 0.368. The van der Waals surface area contributed by atoms with Gasteiger partial charge in [0.15, 0.2) is 11.5 Å².